The van der Waals surface area contributed by atoms with Crippen molar-refractivity contribution in [3.63, 3.8) is 0 Å². The highest BCUT2D eigenvalue weighted by Crippen LogP contribution is 2.17. The number of sulfonamides is 1. The molecule has 1 heterocycles. The molecule has 1 aromatic carbocycles. The molecule has 0 saturated carbocycles. The fourth-order valence-electron chi connectivity index (χ4n) is 2.04. The van der Waals surface area contributed by atoms with Crippen LogP contribution in [-0.4, -0.2) is 24.0 Å². The quantitative estimate of drug-likeness (QED) is 0.905. The summed E-state index contributed by atoms with van der Waals surface area (Å²) in [6.07, 6.45) is 5.04. The van der Waals surface area contributed by atoms with Crippen LogP contribution in [0.3, 0.4) is 0 Å². The van der Waals surface area contributed by atoms with Gasteiger partial charge in [0.15, 0.2) is 0 Å². The van der Waals surface area contributed by atoms with Gasteiger partial charge in [0.2, 0.25) is 10.0 Å². The Morgan fingerprint density at radius 2 is 2.24 bits per heavy atom. The average molecular weight is 304 g/mol. The Morgan fingerprint density at radius 3 is 2.86 bits per heavy atom. The topological polar surface area (TPSA) is 87.8 Å². The van der Waals surface area contributed by atoms with Crippen LogP contribution in [0, 0.1) is 18.3 Å². The lowest BCUT2D eigenvalue weighted by atomic mass is 10.2. The standard InChI is InChI=1S/C14H16N4O2S/c1-11-3-4-13(8-15)7-14(11)21(19,20)17-12(2)9-18-6-5-16-10-18/h3-7,10,12,17H,9H2,1-2H3. The molecule has 6 nitrogen and oxygen atoms in total. The van der Waals surface area contributed by atoms with Crippen LogP contribution in [0.15, 0.2) is 41.8 Å². The number of benzene rings is 1. The molecule has 0 saturated heterocycles. The number of nitrogens with zero attached hydrogens (tertiary/aromatic N) is 3. The predicted octanol–water partition coefficient (Wildman–Crippen LogP) is 1.43. The van der Waals surface area contributed by atoms with Gasteiger partial charge in [-0.3, -0.25) is 0 Å². The molecule has 0 aliphatic carbocycles. The van der Waals surface area contributed by atoms with Crippen molar-refractivity contribution in [2.45, 2.75) is 31.3 Å². The number of hydrogen-bond acceptors (Lipinski definition) is 4. The Balaban J connectivity index is 2.20. The van der Waals surface area contributed by atoms with Crippen LogP contribution in [0.2, 0.25) is 0 Å². The highest BCUT2D eigenvalue weighted by Gasteiger charge is 2.20. The summed E-state index contributed by atoms with van der Waals surface area (Å²) in [4.78, 5) is 4.05. The summed E-state index contributed by atoms with van der Waals surface area (Å²) in [6, 6.07) is 6.28. The first-order chi connectivity index (χ1) is 9.92. The van der Waals surface area contributed by atoms with E-state index in [2.05, 4.69) is 9.71 Å². The minimum Gasteiger partial charge on any atom is -0.336 e. The van der Waals surface area contributed by atoms with E-state index in [1.807, 2.05) is 6.07 Å². The number of nitriles is 1. The fourth-order valence-corrected chi connectivity index (χ4v) is 3.54. The molecule has 1 unspecified atom stereocenters. The van der Waals surface area contributed by atoms with Gasteiger partial charge in [0.1, 0.15) is 0 Å². The van der Waals surface area contributed by atoms with E-state index in [4.69, 9.17) is 5.26 Å². The molecule has 110 valence electrons. The zero-order valence-corrected chi connectivity index (χ0v) is 12.6. The fraction of sp³-hybridized carbons (Fsp3) is 0.286. The maximum atomic E-state index is 12.4. The van der Waals surface area contributed by atoms with Crippen LogP contribution in [0.1, 0.15) is 18.1 Å². The average Bonchev–Trinajstić information content (AvgIpc) is 2.91. The van der Waals surface area contributed by atoms with Crippen molar-refractivity contribution in [3.05, 3.63) is 48.0 Å². The van der Waals surface area contributed by atoms with Crippen molar-refractivity contribution in [3.8, 4) is 6.07 Å². The van der Waals surface area contributed by atoms with E-state index in [9.17, 15) is 8.42 Å². The molecule has 0 radical (unpaired) electrons. The van der Waals surface area contributed by atoms with E-state index >= 15 is 0 Å². The first-order valence-electron chi connectivity index (χ1n) is 6.41. The second-order valence-electron chi connectivity index (χ2n) is 4.87. The zero-order valence-electron chi connectivity index (χ0n) is 11.8. The summed E-state index contributed by atoms with van der Waals surface area (Å²) >= 11 is 0. The van der Waals surface area contributed by atoms with Gasteiger partial charge in [0.25, 0.3) is 0 Å². The SMILES string of the molecule is Cc1ccc(C#N)cc1S(=O)(=O)NC(C)Cn1ccnc1. The van der Waals surface area contributed by atoms with Crippen LogP contribution in [0.25, 0.3) is 0 Å². The van der Waals surface area contributed by atoms with Crippen LogP contribution < -0.4 is 4.72 Å². The summed E-state index contributed by atoms with van der Waals surface area (Å²) in [6.45, 7) is 3.97. The second-order valence-corrected chi connectivity index (χ2v) is 6.56. The number of rotatable bonds is 5. The van der Waals surface area contributed by atoms with Gasteiger partial charge in [-0.25, -0.2) is 18.1 Å². The molecule has 0 amide bonds. The summed E-state index contributed by atoms with van der Waals surface area (Å²) < 4.78 is 29.2. The van der Waals surface area contributed by atoms with Crippen molar-refractivity contribution >= 4 is 10.0 Å². The molecule has 0 fully saturated rings. The number of aryl methyl sites for hydroxylation is 1. The highest BCUT2D eigenvalue weighted by molar-refractivity contribution is 7.89. The van der Waals surface area contributed by atoms with Gasteiger partial charge in [0, 0.05) is 25.0 Å². The normalized spacial score (nSPS) is 12.8. The van der Waals surface area contributed by atoms with Gasteiger partial charge in [-0.1, -0.05) is 6.07 Å². The molecule has 1 aromatic heterocycles. The summed E-state index contributed by atoms with van der Waals surface area (Å²) in [5, 5.41) is 8.90. The third-order valence-corrected chi connectivity index (χ3v) is 4.74. The monoisotopic (exact) mass is 304 g/mol. The molecule has 1 N–H and O–H groups in total. The Bertz CT molecular complexity index is 761. The van der Waals surface area contributed by atoms with Gasteiger partial charge in [-0.2, -0.15) is 5.26 Å². The Morgan fingerprint density at radius 1 is 1.48 bits per heavy atom. The minimum absolute atomic E-state index is 0.138. The number of hydrogen-bond donors (Lipinski definition) is 1. The highest BCUT2D eigenvalue weighted by atomic mass is 32.2. The first kappa shape index (κ1) is 15.2. The molecule has 0 bridgehead atoms. The van der Waals surface area contributed by atoms with Gasteiger partial charge < -0.3 is 4.57 Å². The maximum Gasteiger partial charge on any atom is 0.241 e. The summed E-state index contributed by atoms with van der Waals surface area (Å²) in [7, 11) is -3.66. The Kier molecular flexibility index (Phi) is 4.40. The lowest BCUT2D eigenvalue weighted by molar-refractivity contribution is 0.520. The van der Waals surface area contributed by atoms with Crippen molar-refractivity contribution < 1.29 is 8.42 Å². The molecule has 0 aliphatic rings. The molecule has 0 spiro atoms. The van der Waals surface area contributed by atoms with Gasteiger partial charge in [0.05, 0.1) is 22.9 Å². The Hall–Kier alpha value is -2.17. The van der Waals surface area contributed by atoms with Crippen molar-refractivity contribution in [1.29, 1.82) is 5.26 Å². The van der Waals surface area contributed by atoms with E-state index in [1.54, 1.807) is 49.3 Å². The number of nitrogens with one attached hydrogen (secondary N) is 1. The van der Waals surface area contributed by atoms with E-state index in [1.165, 1.54) is 6.07 Å². The molecule has 0 aliphatic heterocycles. The van der Waals surface area contributed by atoms with Crippen LogP contribution >= 0.6 is 0 Å². The van der Waals surface area contributed by atoms with E-state index in [0.717, 1.165) is 0 Å². The van der Waals surface area contributed by atoms with E-state index < -0.39 is 10.0 Å². The predicted molar refractivity (Wildman–Crippen MR) is 77.9 cm³/mol. The Labute approximate surface area is 124 Å². The van der Waals surface area contributed by atoms with Crippen LogP contribution in [0.4, 0.5) is 0 Å². The van der Waals surface area contributed by atoms with E-state index in [-0.39, 0.29) is 10.9 Å². The molecule has 7 heteroatoms. The molecule has 21 heavy (non-hydrogen) atoms. The second kappa shape index (κ2) is 6.08. The third kappa shape index (κ3) is 3.68. The minimum atomic E-state index is -3.66. The van der Waals surface area contributed by atoms with Crippen molar-refractivity contribution in [1.82, 2.24) is 14.3 Å². The molecular weight excluding hydrogens is 288 g/mol. The van der Waals surface area contributed by atoms with E-state index in [0.29, 0.717) is 17.7 Å². The lowest BCUT2D eigenvalue weighted by Crippen LogP contribution is -2.35. The first-order valence-corrected chi connectivity index (χ1v) is 7.89. The van der Waals surface area contributed by atoms with Gasteiger partial charge in [-0.05, 0) is 31.5 Å². The van der Waals surface area contributed by atoms with Gasteiger partial charge >= 0.3 is 0 Å². The number of imidazole rings is 1. The third-order valence-electron chi connectivity index (χ3n) is 3.01. The largest absolute Gasteiger partial charge is 0.336 e. The lowest BCUT2D eigenvalue weighted by Gasteiger charge is -2.16. The molecule has 2 rings (SSSR count). The summed E-state index contributed by atoms with van der Waals surface area (Å²) in [5.74, 6) is 0. The van der Waals surface area contributed by atoms with Crippen LogP contribution in [0.5, 0.6) is 0 Å². The smallest absolute Gasteiger partial charge is 0.241 e. The molecule has 2 aromatic rings. The van der Waals surface area contributed by atoms with Gasteiger partial charge in [-0.15, -0.1) is 0 Å². The number of aromatic nitrogens is 2. The van der Waals surface area contributed by atoms with Crippen molar-refractivity contribution in [2.75, 3.05) is 0 Å². The molecule has 1 atom stereocenters. The zero-order chi connectivity index (χ0) is 15.5. The van der Waals surface area contributed by atoms with Crippen LogP contribution in [-0.2, 0) is 16.6 Å². The van der Waals surface area contributed by atoms with Crippen molar-refractivity contribution in [2.24, 2.45) is 0 Å². The molecular formula is C14H16N4O2S. The maximum absolute atomic E-state index is 12.4. The summed E-state index contributed by atoms with van der Waals surface area (Å²) in [5.41, 5.74) is 0.930.